The topological polar surface area (TPSA) is 55.4 Å². The van der Waals surface area contributed by atoms with Gasteiger partial charge in [-0.1, -0.05) is 54.6 Å². The molecule has 5 heteroatoms. The highest BCUT2D eigenvalue weighted by molar-refractivity contribution is 9.10. The van der Waals surface area contributed by atoms with Crippen molar-refractivity contribution in [1.82, 2.24) is 5.32 Å². The van der Waals surface area contributed by atoms with E-state index in [0.717, 1.165) is 22.2 Å². The zero-order chi connectivity index (χ0) is 18.4. The first kappa shape index (κ1) is 17.9. The van der Waals surface area contributed by atoms with Crippen molar-refractivity contribution in [3.8, 4) is 0 Å². The fraction of sp³-hybridized carbons (Fsp3) is 0.400. The maximum Gasteiger partial charge on any atom is 0.315 e. The molecule has 3 rings (SSSR count). The molecule has 0 spiro atoms. The van der Waals surface area contributed by atoms with Gasteiger partial charge >= 0.3 is 5.97 Å². The summed E-state index contributed by atoms with van der Waals surface area (Å²) in [6.45, 7) is 8.23. The van der Waals surface area contributed by atoms with Gasteiger partial charge in [0.1, 0.15) is 5.92 Å². The highest BCUT2D eigenvalue weighted by Gasteiger charge is 2.46. The van der Waals surface area contributed by atoms with Crippen molar-refractivity contribution in [3.05, 3.63) is 57.8 Å². The summed E-state index contributed by atoms with van der Waals surface area (Å²) in [7, 11) is 1.36. The molecule has 1 N–H and O–H groups in total. The van der Waals surface area contributed by atoms with Gasteiger partial charge in [-0.2, -0.15) is 0 Å². The molecule has 0 amide bonds. The van der Waals surface area contributed by atoms with Crippen molar-refractivity contribution in [2.24, 2.45) is 11.3 Å². The predicted molar refractivity (Wildman–Crippen MR) is 99.7 cm³/mol. The molecule has 1 aromatic carbocycles. The molecule has 0 saturated heterocycles. The SMILES string of the molecule is C=C1NC2=C(C(=O)CC(C)(C)C2)C(c2ccccc2Br)C1C(=O)OC. The molecule has 1 aliphatic carbocycles. The molecular formula is C20H22BrNO3. The number of Topliss-reactive ketones (excluding diaryl/α,β-unsaturated/α-hetero) is 1. The standard InChI is InChI=1S/C20H22BrNO3/c1-11-16(19(24)25-4)17(12-7-5-6-8-13(12)21)18-14(22-11)9-20(2,3)10-15(18)23/h5-8,16-17,22H,1,9-10H2,2-4H3. The van der Waals surface area contributed by atoms with Gasteiger partial charge in [0.25, 0.3) is 0 Å². The fourth-order valence-electron chi connectivity index (χ4n) is 3.91. The Bertz CT molecular complexity index is 794. The number of rotatable bonds is 2. The third-order valence-corrected chi connectivity index (χ3v) is 5.67. The Kier molecular flexibility index (Phi) is 4.62. The molecule has 1 aliphatic heterocycles. The molecule has 0 aromatic heterocycles. The van der Waals surface area contributed by atoms with E-state index in [9.17, 15) is 9.59 Å². The Balaban J connectivity index is 2.22. The number of allylic oxidation sites excluding steroid dienone is 2. The minimum atomic E-state index is -0.632. The van der Waals surface area contributed by atoms with Crippen LogP contribution in [0.15, 0.2) is 52.3 Å². The second-order valence-electron chi connectivity index (χ2n) is 7.48. The number of ketones is 1. The van der Waals surface area contributed by atoms with E-state index < -0.39 is 11.8 Å². The molecule has 132 valence electrons. The number of esters is 1. The monoisotopic (exact) mass is 403 g/mol. The third kappa shape index (κ3) is 3.17. The summed E-state index contributed by atoms with van der Waals surface area (Å²) < 4.78 is 5.89. The highest BCUT2D eigenvalue weighted by Crippen LogP contribution is 2.49. The van der Waals surface area contributed by atoms with Gasteiger partial charge in [0.15, 0.2) is 5.78 Å². The molecule has 1 heterocycles. The fourth-order valence-corrected chi connectivity index (χ4v) is 4.45. The molecule has 2 atom stereocenters. The van der Waals surface area contributed by atoms with E-state index in [1.54, 1.807) is 0 Å². The van der Waals surface area contributed by atoms with E-state index in [4.69, 9.17) is 4.74 Å². The van der Waals surface area contributed by atoms with E-state index in [0.29, 0.717) is 17.7 Å². The van der Waals surface area contributed by atoms with Gasteiger partial charge in [-0.15, -0.1) is 0 Å². The highest BCUT2D eigenvalue weighted by atomic mass is 79.9. The summed E-state index contributed by atoms with van der Waals surface area (Å²) in [4.78, 5) is 25.5. The van der Waals surface area contributed by atoms with Crippen LogP contribution < -0.4 is 5.32 Å². The van der Waals surface area contributed by atoms with Crippen molar-refractivity contribution in [2.45, 2.75) is 32.6 Å². The minimum Gasteiger partial charge on any atom is -0.468 e. The summed E-state index contributed by atoms with van der Waals surface area (Å²) in [5.74, 6) is -1.33. The Labute approximate surface area is 156 Å². The molecule has 0 radical (unpaired) electrons. The Morgan fingerprint density at radius 2 is 2.00 bits per heavy atom. The van der Waals surface area contributed by atoms with Gasteiger partial charge in [-0.3, -0.25) is 9.59 Å². The number of methoxy groups -OCH3 is 1. The second kappa shape index (κ2) is 6.45. The maximum atomic E-state index is 13.0. The number of hydrogen-bond acceptors (Lipinski definition) is 4. The normalized spacial score (nSPS) is 25.3. The van der Waals surface area contributed by atoms with Gasteiger partial charge in [-0.05, 0) is 23.5 Å². The molecule has 0 fully saturated rings. The van der Waals surface area contributed by atoms with E-state index in [1.807, 2.05) is 24.3 Å². The molecular weight excluding hydrogens is 382 g/mol. The quantitative estimate of drug-likeness (QED) is 0.755. The Morgan fingerprint density at radius 1 is 1.32 bits per heavy atom. The number of carbonyl (C=O) groups excluding carboxylic acids is 2. The number of hydrogen-bond donors (Lipinski definition) is 1. The van der Waals surface area contributed by atoms with E-state index in [2.05, 4.69) is 41.7 Å². The summed E-state index contributed by atoms with van der Waals surface area (Å²) >= 11 is 3.57. The van der Waals surface area contributed by atoms with Gasteiger partial charge in [-0.25, -0.2) is 0 Å². The van der Waals surface area contributed by atoms with Gasteiger partial charge in [0.05, 0.1) is 7.11 Å². The first-order valence-electron chi connectivity index (χ1n) is 8.29. The number of carbonyl (C=O) groups is 2. The zero-order valence-electron chi connectivity index (χ0n) is 14.7. The first-order chi connectivity index (χ1) is 11.7. The minimum absolute atomic E-state index is 0.0842. The van der Waals surface area contributed by atoms with Crippen LogP contribution >= 0.6 is 15.9 Å². The zero-order valence-corrected chi connectivity index (χ0v) is 16.3. The van der Waals surface area contributed by atoms with Crippen LogP contribution in [0.2, 0.25) is 0 Å². The summed E-state index contributed by atoms with van der Waals surface area (Å²) in [6.07, 6.45) is 1.22. The number of ether oxygens (including phenoxy) is 1. The number of halogens is 1. The lowest BCUT2D eigenvalue weighted by Gasteiger charge is -2.42. The van der Waals surface area contributed by atoms with Crippen molar-refractivity contribution < 1.29 is 14.3 Å². The van der Waals surface area contributed by atoms with Crippen LogP contribution in [0.4, 0.5) is 0 Å². The van der Waals surface area contributed by atoms with E-state index in [-0.39, 0.29) is 17.2 Å². The van der Waals surface area contributed by atoms with Crippen LogP contribution in [0.3, 0.4) is 0 Å². The summed E-state index contributed by atoms with van der Waals surface area (Å²) in [5, 5.41) is 3.24. The maximum absolute atomic E-state index is 13.0. The van der Waals surface area contributed by atoms with Crippen molar-refractivity contribution >= 4 is 27.7 Å². The summed E-state index contributed by atoms with van der Waals surface area (Å²) in [6, 6.07) is 7.70. The third-order valence-electron chi connectivity index (χ3n) is 4.95. The lowest BCUT2D eigenvalue weighted by Crippen LogP contribution is -2.43. The summed E-state index contributed by atoms with van der Waals surface area (Å²) in [5.41, 5.74) is 2.94. The van der Waals surface area contributed by atoms with Crippen LogP contribution in [-0.4, -0.2) is 18.9 Å². The van der Waals surface area contributed by atoms with Gasteiger partial charge < -0.3 is 10.1 Å². The van der Waals surface area contributed by atoms with Crippen molar-refractivity contribution in [2.75, 3.05) is 7.11 Å². The lowest BCUT2D eigenvalue weighted by atomic mass is 9.66. The number of nitrogens with one attached hydrogen (secondary N) is 1. The Hall–Kier alpha value is -1.88. The van der Waals surface area contributed by atoms with Crippen LogP contribution in [-0.2, 0) is 14.3 Å². The van der Waals surface area contributed by atoms with Crippen molar-refractivity contribution in [1.29, 1.82) is 0 Å². The smallest absolute Gasteiger partial charge is 0.315 e. The van der Waals surface area contributed by atoms with Crippen molar-refractivity contribution in [3.63, 3.8) is 0 Å². The average Bonchev–Trinajstić information content (AvgIpc) is 2.52. The largest absolute Gasteiger partial charge is 0.468 e. The van der Waals surface area contributed by atoms with Crippen LogP contribution in [0.1, 0.15) is 38.2 Å². The van der Waals surface area contributed by atoms with E-state index >= 15 is 0 Å². The second-order valence-corrected chi connectivity index (χ2v) is 8.34. The molecule has 4 nitrogen and oxygen atoms in total. The molecule has 2 aliphatic rings. The van der Waals surface area contributed by atoms with E-state index in [1.165, 1.54) is 7.11 Å². The molecule has 0 saturated carbocycles. The Morgan fingerprint density at radius 3 is 2.64 bits per heavy atom. The van der Waals surface area contributed by atoms with Gasteiger partial charge in [0.2, 0.25) is 0 Å². The molecule has 25 heavy (non-hydrogen) atoms. The average molecular weight is 404 g/mol. The van der Waals surface area contributed by atoms with Crippen LogP contribution in [0.5, 0.6) is 0 Å². The molecule has 0 bridgehead atoms. The molecule has 2 unspecified atom stereocenters. The molecule has 1 aromatic rings. The van der Waals surface area contributed by atoms with Crippen LogP contribution in [0.25, 0.3) is 0 Å². The first-order valence-corrected chi connectivity index (χ1v) is 9.09. The predicted octanol–water partition coefficient (Wildman–Crippen LogP) is 4.08. The van der Waals surface area contributed by atoms with Crippen LogP contribution in [0, 0.1) is 11.3 Å². The lowest BCUT2D eigenvalue weighted by molar-refractivity contribution is -0.144. The van der Waals surface area contributed by atoms with Gasteiger partial charge in [0, 0.05) is 33.8 Å². The number of benzene rings is 1.